The Kier molecular flexibility index (Phi) is 3.62. The molecule has 100 valence electrons. The Morgan fingerprint density at radius 1 is 1.30 bits per heavy atom. The van der Waals surface area contributed by atoms with Gasteiger partial charge in [-0.05, 0) is 37.1 Å². The Labute approximate surface area is 115 Å². The molecule has 0 saturated heterocycles. The van der Waals surface area contributed by atoms with E-state index in [1.807, 2.05) is 13.8 Å². The van der Waals surface area contributed by atoms with Crippen molar-refractivity contribution in [2.45, 2.75) is 13.8 Å². The van der Waals surface area contributed by atoms with Crippen molar-refractivity contribution in [3.05, 3.63) is 57.3 Å². The maximum Gasteiger partial charge on any atom is 0.287 e. The zero-order chi connectivity index (χ0) is 14.7. The van der Waals surface area contributed by atoms with Gasteiger partial charge in [0.1, 0.15) is 11.9 Å². The van der Waals surface area contributed by atoms with E-state index in [1.54, 1.807) is 12.1 Å². The highest BCUT2D eigenvalue weighted by atomic mass is 16.6. The number of ether oxygens (including phenoxy) is 1. The number of nitriles is 1. The molecule has 0 atom stereocenters. The summed E-state index contributed by atoms with van der Waals surface area (Å²) in [6, 6.07) is 8.28. The smallest absolute Gasteiger partial charge is 0.287 e. The van der Waals surface area contributed by atoms with Gasteiger partial charge in [0.15, 0.2) is 0 Å². The van der Waals surface area contributed by atoms with Crippen molar-refractivity contribution in [1.82, 2.24) is 4.98 Å². The van der Waals surface area contributed by atoms with Crippen LogP contribution in [0.5, 0.6) is 11.6 Å². The number of rotatable bonds is 3. The Balaban J connectivity index is 2.31. The van der Waals surface area contributed by atoms with Crippen LogP contribution in [0, 0.1) is 35.3 Å². The standard InChI is InChI=1S/C14H11N3O3/c1-9-5-11(7-15)6-10(2)14(9)20-13-4-3-12(8-16-13)17(18)19/h3-6,8H,1-2H3. The molecular weight excluding hydrogens is 258 g/mol. The highest BCUT2D eigenvalue weighted by Crippen LogP contribution is 2.29. The summed E-state index contributed by atoms with van der Waals surface area (Å²) < 4.78 is 5.63. The van der Waals surface area contributed by atoms with E-state index < -0.39 is 4.92 Å². The lowest BCUT2D eigenvalue weighted by Crippen LogP contribution is -1.95. The average Bonchev–Trinajstić information content (AvgIpc) is 2.43. The molecule has 0 amide bonds. The summed E-state index contributed by atoms with van der Waals surface area (Å²) in [6.45, 7) is 3.66. The average molecular weight is 269 g/mol. The van der Waals surface area contributed by atoms with Gasteiger partial charge >= 0.3 is 0 Å². The second-order valence-corrected chi connectivity index (χ2v) is 4.26. The van der Waals surface area contributed by atoms with Gasteiger partial charge in [0, 0.05) is 12.1 Å². The SMILES string of the molecule is Cc1cc(C#N)cc(C)c1Oc1ccc([N+](=O)[O-])cn1. The van der Waals surface area contributed by atoms with E-state index in [4.69, 9.17) is 10.00 Å². The van der Waals surface area contributed by atoms with Crippen LogP contribution in [0.15, 0.2) is 30.5 Å². The van der Waals surface area contributed by atoms with Gasteiger partial charge in [0.05, 0.1) is 16.6 Å². The maximum atomic E-state index is 10.5. The number of hydrogen-bond acceptors (Lipinski definition) is 5. The summed E-state index contributed by atoms with van der Waals surface area (Å²) in [5.74, 6) is 0.872. The molecule has 0 saturated carbocycles. The van der Waals surface area contributed by atoms with Crippen LogP contribution in [0.2, 0.25) is 0 Å². The molecule has 1 heterocycles. The number of nitrogens with zero attached hydrogens (tertiary/aromatic N) is 3. The van der Waals surface area contributed by atoms with Gasteiger partial charge in [0.25, 0.3) is 5.69 Å². The molecule has 0 aliphatic carbocycles. The maximum absolute atomic E-state index is 10.5. The van der Waals surface area contributed by atoms with E-state index in [-0.39, 0.29) is 11.6 Å². The number of hydrogen-bond donors (Lipinski definition) is 0. The fourth-order valence-corrected chi connectivity index (χ4v) is 1.82. The summed E-state index contributed by atoms with van der Waals surface area (Å²) in [5.41, 5.74) is 2.08. The molecule has 0 aliphatic heterocycles. The van der Waals surface area contributed by atoms with Crippen molar-refractivity contribution < 1.29 is 9.66 Å². The number of aryl methyl sites for hydroxylation is 2. The van der Waals surface area contributed by atoms with Crippen molar-refractivity contribution in [2.24, 2.45) is 0 Å². The molecule has 6 nitrogen and oxygen atoms in total. The third kappa shape index (κ3) is 2.72. The minimum absolute atomic E-state index is 0.0920. The highest BCUT2D eigenvalue weighted by molar-refractivity contribution is 5.48. The van der Waals surface area contributed by atoms with Crippen molar-refractivity contribution in [2.75, 3.05) is 0 Å². The molecule has 0 aliphatic rings. The Hall–Kier alpha value is -2.94. The van der Waals surface area contributed by atoms with E-state index in [0.29, 0.717) is 11.3 Å². The molecule has 2 aromatic rings. The van der Waals surface area contributed by atoms with Crippen LogP contribution in [0.3, 0.4) is 0 Å². The second kappa shape index (κ2) is 5.36. The molecule has 0 N–H and O–H groups in total. The van der Waals surface area contributed by atoms with Crippen molar-refractivity contribution in [1.29, 1.82) is 5.26 Å². The Bertz CT molecular complexity index is 680. The first-order valence-corrected chi connectivity index (χ1v) is 5.81. The normalized spacial score (nSPS) is 9.85. The number of benzene rings is 1. The van der Waals surface area contributed by atoms with Crippen LogP contribution in [-0.4, -0.2) is 9.91 Å². The fourth-order valence-electron chi connectivity index (χ4n) is 1.82. The molecular formula is C14H11N3O3. The van der Waals surface area contributed by atoms with E-state index in [9.17, 15) is 10.1 Å². The molecule has 2 rings (SSSR count). The van der Waals surface area contributed by atoms with E-state index in [1.165, 1.54) is 12.1 Å². The highest BCUT2D eigenvalue weighted by Gasteiger charge is 2.10. The van der Waals surface area contributed by atoms with E-state index >= 15 is 0 Å². The predicted octanol–water partition coefficient (Wildman–Crippen LogP) is 3.27. The largest absolute Gasteiger partial charge is 0.438 e. The number of pyridine rings is 1. The van der Waals surface area contributed by atoms with Crippen LogP contribution < -0.4 is 4.74 Å². The van der Waals surface area contributed by atoms with E-state index in [0.717, 1.165) is 17.3 Å². The molecule has 1 aromatic carbocycles. The van der Waals surface area contributed by atoms with Gasteiger partial charge in [-0.2, -0.15) is 5.26 Å². The van der Waals surface area contributed by atoms with Crippen molar-refractivity contribution in [3.8, 4) is 17.7 Å². The zero-order valence-corrected chi connectivity index (χ0v) is 11.0. The minimum Gasteiger partial charge on any atom is -0.438 e. The fraction of sp³-hybridized carbons (Fsp3) is 0.143. The lowest BCUT2D eigenvalue weighted by atomic mass is 10.1. The van der Waals surface area contributed by atoms with Gasteiger partial charge in [0.2, 0.25) is 5.88 Å². The third-order valence-electron chi connectivity index (χ3n) is 2.73. The van der Waals surface area contributed by atoms with Crippen LogP contribution in [-0.2, 0) is 0 Å². The van der Waals surface area contributed by atoms with Gasteiger partial charge in [-0.25, -0.2) is 4.98 Å². The number of aromatic nitrogens is 1. The molecule has 0 spiro atoms. The van der Waals surface area contributed by atoms with Crippen LogP contribution in [0.25, 0.3) is 0 Å². The molecule has 0 bridgehead atoms. The second-order valence-electron chi connectivity index (χ2n) is 4.26. The summed E-state index contributed by atoms with van der Waals surface area (Å²) in [7, 11) is 0. The lowest BCUT2D eigenvalue weighted by molar-refractivity contribution is -0.385. The zero-order valence-electron chi connectivity index (χ0n) is 11.0. The van der Waals surface area contributed by atoms with Gasteiger partial charge in [-0.3, -0.25) is 10.1 Å². The minimum atomic E-state index is -0.519. The van der Waals surface area contributed by atoms with Crippen molar-refractivity contribution >= 4 is 5.69 Å². The van der Waals surface area contributed by atoms with Crippen molar-refractivity contribution in [3.63, 3.8) is 0 Å². The molecule has 0 unspecified atom stereocenters. The van der Waals surface area contributed by atoms with Gasteiger partial charge in [-0.15, -0.1) is 0 Å². The first kappa shape index (κ1) is 13.5. The Morgan fingerprint density at radius 3 is 2.40 bits per heavy atom. The summed E-state index contributed by atoms with van der Waals surface area (Å²) >= 11 is 0. The summed E-state index contributed by atoms with van der Waals surface area (Å²) in [5, 5.41) is 19.4. The van der Waals surface area contributed by atoms with Gasteiger partial charge < -0.3 is 4.74 Å². The molecule has 6 heteroatoms. The lowest BCUT2D eigenvalue weighted by Gasteiger charge is -2.11. The van der Waals surface area contributed by atoms with Gasteiger partial charge in [-0.1, -0.05) is 0 Å². The molecule has 20 heavy (non-hydrogen) atoms. The molecule has 0 radical (unpaired) electrons. The quantitative estimate of drug-likeness (QED) is 0.630. The van der Waals surface area contributed by atoms with E-state index in [2.05, 4.69) is 11.1 Å². The summed E-state index contributed by atoms with van der Waals surface area (Å²) in [4.78, 5) is 13.9. The molecule has 0 fully saturated rings. The predicted molar refractivity (Wildman–Crippen MR) is 71.6 cm³/mol. The van der Waals surface area contributed by atoms with Crippen LogP contribution in [0.1, 0.15) is 16.7 Å². The first-order valence-electron chi connectivity index (χ1n) is 5.81. The number of nitro groups is 1. The van der Waals surface area contributed by atoms with Crippen LogP contribution >= 0.6 is 0 Å². The monoisotopic (exact) mass is 269 g/mol. The first-order chi connectivity index (χ1) is 9.51. The van der Waals surface area contributed by atoms with Crippen LogP contribution in [0.4, 0.5) is 5.69 Å². The topological polar surface area (TPSA) is 89.0 Å². The Morgan fingerprint density at radius 2 is 1.95 bits per heavy atom. The summed E-state index contributed by atoms with van der Waals surface area (Å²) in [6.07, 6.45) is 1.14. The molecule has 1 aromatic heterocycles. The third-order valence-corrected chi connectivity index (χ3v) is 2.73.